The van der Waals surface area contributed by atoms with Crippen LogP contribution in [0.4, 0.5) is 0 Å². The Labute approximate surface area is 89.5 Å². The molecule has 0 aromatic carbocycles. The molecule has 0 aliphatic rings. The van der Waals surface area contributed by atoms with Crippen molar-refractivity contribution >= 4 is 5.65 Å². The van der Waals surface area contributed by atoms with E-state index < -0.39 is 0 Å². The quantitative estimate of drug-likeness (QED) is 0.793. The molecule has 0 bridgehead atoms. The van der Waals surface area contributed by atoms with Crippen molar-refractivity contribution in [1.29, 1.82) is 0 Å². The summed E-state index contributed by atoms with van der Waals surface area (Å²) in [6, 6.07) is 2.11. The molecule has 3 N–H and O–H groups in total. The Morgan fingerprint density at radius 1 is 1.53 bits per heavy atom. The molecule has 4 nitrogen and oxygen atoms in total. The van der Waals surface area contributed by atoms with E-state index in [0.29, 0.717) is 12.5 Å². The van der Waals surface area contributed by atoms with Crippen LogP contribution >= 0.6 is 0 Å². The van der Waals surface area contributed by atoms with Crippen LogP contribution in [0, 0.1) is 5.92 Å². The van der Waals surface area contributed by atoms with Gasteiger partial charge < -0.3 is 5.73 Å². The summed E-state index contributed by atoms with van der Waals surface area (Å²) in [5.74, 6) is 0.664. The van der Waals surface area contributed by atoms with E-state index >= 15 is 0 Å². The highest BCUT2D eigenvalue weighted by Crippen LogP contribution is 2.11. The van der Waals surface area contributed by atoms with Crippen molar-refractivity contribution in [1.82, 2.24) is 14.6 Å². The van der Waals surface area contributed by atoms with E-state index in [9.17, 15) is 0 Å². The van der Waals surface area contributed by atoms with Crippen molar-refractivity contribution in [2.75, 3.05) is 6.54 Å². The van der Waals surface area contributed by atoms with Gasteiger partial charge in [0.05, 0.1) is 11.9 Å². The zero-order valence-electron chi connectivity index (χ0n) is 9.33. The van der Waals surface area contributed by atoms with Crippen LogP contribution in [-0.2, 0) is 12.8 Å². The summed E-state index contributed by atoms with van der Waals surface area (Å²) in [4.78, 5) is 4.48. The van der Waals surface area contributed by atoms with E-state index in [4.69, 9.17) is 5.73 Å². The van der Waals surface area contributed by atoms with Gasteiger partial charge in [-0.3, -0.25) is 5.10 Å². The molecule has 0 spiro atoms. The lowest BCUT2D eigenvalue weighted by molar-refractivity contribution is 0.630. The molecular formula is C11H18N4. The van der Waals surface area contributed by atoms with Crippen LogP contribution in [0.5, 0.6) is 0 Å². The van der Waals surface area contributed by atoms with Crippen molar-refractivity contribution in [3.8, 4) is 0 Å². The van der Waals surface area contributed by atoms with Crippen molar-refractivity contribution in [2.24, 2.45) is 11.7 Å². The maximum absolute atomic E-state index is 5.49. The zero-order valence-corrected chi connectivity index (χ0v) is 9.33. The van der Waals surface area contributed by atoms with Gasteiger partial charge in [-0.2, -0.15) is 0 Å². The summed E-state index contributed by atoms with van der Waals surface area (Å²) in [7, 11) is 0. The minimum absolute atomic E-state index is 0.652. The van der Waals surface area contributed by atoms with E-state index in [-0.39, 0.29) is 0 Å². The van der Waals surface area contributed by atoms with Gasteiger partial charge in [0.1, 0.15) is 0 Å². The van der Waals surface area contributed by atoms with E-state index in [1.807, 2.05) is 10.7 Å². The molecule has 0 atom stereocenters. The van der Waals surface area contributed by atoms with Gasteiger partial charge in [0.2, 0.25) is 0 Å². The molecule has 0 radical (unpaired) electrons. The van der Waals surface area contributed by atoms with E-state index in [1.165, 1.54) is 5.69 Å². The average molecular weight is 206 g/mol. The standard InChI is InChI=1S/C11H18N4/c1-8(2)5-10-6-11-13-9(3-4-12)7-15(11)14-10/h6-8,14H,3-5,12H2,1-2H3. The largest absolute Gasteiger partial charge is 0.330 e. The Morgan fingerprint density at radius 3 is 2.93 bits per heavy atom. The van der Waals surface area contributed by atoms with Crippen LogP contribution in [-0.4, -0.2) is 21.1 Å². The summed E-state index contributed by atoms with van der Waals surface area (Å²) in [5.41, 5.74) is 8.78. The second-order valence-electron chi connectivity index (χ2n) is 4.38. The van der Waals surface area contributed by atoms with Crippen LogP contribution in [0.25, 0.3) is 5.65 Å². The van der Waals surface area contributed by atoms with Gasteiger partial charge in [0.15, 0.2) is 5.65 Å². The van der Waals surface area contributed by atoms with Gasteiger partial charge in [0, 0.05) is 18.2 Å². The van der Waals surface area contributed by atoms with Crippen LogP contribution in [0.2, 0.25) is 0 Å². The minimum Gasteiger partial charge on any atom is -0.330 e. The molecule has 0 aliphatic heterocycles. The lowest BCUT2D eigenvalue weighted by Crippen LogP contribution is -2.02. The monoisotopic (exact) mass is 206 g/mol. The molecule has 0 unspecified atom stereocenters. The van der Waals surface area contributed by atoms with Crippen molar-refractivity contribution in [3.05, 3.63) is 23.7 Å². The summed E-state index contributed by atoms with van der Waals surface area (Å²) in [6.45, 7) is 5.08. The summed E-state index contributed by atoms with van der Waals surface area (Å²) in [6.07, 6.45) is 3.93. The second-order valence-corrected chi connectivity index (χ2v) is 4.38. The molecule has 2 rings (SSSR count). The van der Waals surface area contributed by atoms with Crippen LogP contribution in [0.15, 0.2) is 12.3 Å². The SMILES string of the molecule is CC(C)Cc1cc2nc(CCN)cn2[nH]1. The Morgan fingerprint density at radius 2 is 2.33 bits per heavy atom. The number of nitrogens with one attached hydrogen (secondary N) is 1. The molecule has 4 heteroatoms. The Balaban J connectivity index is 2.22. The first-order chi connectivity index (χ1) is 7.19. The number of nitrogens with zero attached hydrogens (tertiary/aromatic N) is 2. The van der Waals surface area contributed by atoms with Crippen LogP contribution in [0.3, 0.4) is 0 Å². The fourth-order valence-electron chi connectivity index (χ4n) is 1.79. The molecule has 2 heterocycles. The van der Waals surface area contributed by atoms with Gasteiger partial charge in [-0.1, -0.05) is 13.8 Å². The normalized spacial score (nSPS) is 11.7. The highest BCUT2D eigenvalue weighted by Gasteiger charge is 2.06. The molecule has 0 saturated carbocycles. The number of nitrogens with two attached hydrogens (primary N) is 1. The summed E-state index contributed by atoms with van der Waals surface area (Å²) < 4.78 is 1.97. The number of hydrogen-bond donors (Lipinski definition) is 2. The summed E-state index contributed by atoms with van der Waals surface area (Å²) in [5, 5.41) is 3.32. The molecule has 15 heavy (non-hydrogen) atoms. The smallest absolute Gasteiger partial charge is 0.153 e. The number of hydrogen-bond acceptors (Lipinski definition) is 2. The van der Waals surface area contributed by atoms with Crippen molar-refractivity contribution in [3.63, 3.8) is 0 Å². The maximum Gasteiger partial charge on any atom is 0.153 e. The third-order valence-electron chi connectivity index (χ3n) is 2.38. The third kappa shape index (κ3) is 2.21. The first-order valence-corrected chi connectivity index (χ1v) is 5.45. The molecule has 0 fully saturated rings. The third-order valence-corrected chi connectivity index (χ3v) is 2.38. The van der Waals surface area contributed by atoms with Crippen LogP contribution in [0.1, 0.15) is 25.2 Å². The molecular weight excluding hydrogens is 188 g/mol. The number of imidazole rings is 1. The predicted octanol–water partition coefficient (Wildman–Crippen LogP) is 1.36. The molecule has 2 aromatic heterocycles. The van der Waals surface area contributed by atoms with Gasteiger partial charge in [-0.25, -0.2) is 9.50 Å². The molecule has 0 saturated heterocycles. The van der Waals surface area contributed by atoms with Gasteiger partial charge in [-0.05, 0) is 18.9 Å². The fourth-order valence-corrected chi connectivity index (χ4v) is 1.79. The summed E-state index contributed by atoms with van der Waals surface area (Å²) >= 11 is 0. The fraction of sp³-hybridized carbons (Fsp3) is 0.545. The lowest BCUT2D eigenvalue weighted by Gasteiger charge is -1.99. The van der Waals surface area contributed by atoms with E-state index in [2.05, 4.69) is 30.0 Å². The predicted molar refractivity (Wildman–Crippen MR) is 60.8 cm³/mol. The molecule has 2 aromatic rings. The zero-order chi connectivity index (χ0) is 10.8. The van der Waals surface area contributed by atoms with Crippen molar-refractivity contribution in [2.45, 2.75) is 26.7 Å². The van der Waals surface area contributed by atoms with Gasteiger partial charge >= 0.3 is 0 Å². The van der Waals surface area contributed by atoms with E-state index in [0.717, 1.165) is 24.2 Å². The Hall–Kier alpha value is -1.29. The minimum atomic E-state index is 0.652. The molecule has 0 aliphatic carbocycles. The average Bonchev–Trinajstić information content (AvgIpc) is 2.60. The first kappa shape index (κ1) is 10.2. The number of aromatic amines is 1. The highest BCUT2D eigenvalue weighted by molar-refractivity contribution is 5.41. The first-order valence-electron chi connectivity index (χ1n) is 5.45. The molecule has 82 valence electrons. The number of aromatic nitrogens is 3. The van der Waals surface area contributed by atoms with Crippen molar-refractivity contribution < 1.29 is 0 Å². The van der Waals surface area contributed by atoms with Crippen LogP contribution < -0.4 is 5.73 Å². The Bertz CT molecular complexity index is 407. The maximum atomic E-state index is 5.49. The number of fused-ring (bicyclic) bond motifs is 1. The topological polar surface area (TPSA) is 59.1 Å². The molecule has 0 amide bonds. The van der Waals surface area contributed by atoms with Gasteiger partial charge in [0.25, 0.3) is 0 Å². The lowest BCUT2D eigenvalue weighted by atomic mass is 10.1. The second kappa shape index (κ2) is 4.06. The Kier molecular flexibility index (Phi) is 2.77. The number of rotatable bonds is 4. The van der Waals surface area contributed by atoms with E-state index in [1.54, 1.807) is 0 Å². The highest BCUT2D eigenvalue weighted by atomic mass is 15.3. The van der Waals surface area contributed by atoms with Gasteiger partial charge in [-0.15, -0.1) is 0 Å². The number of H-pyrrole nitrogens is 1.